The van der Waals surface area contributed by atoms with Crippen LogP contribution in [0.2, 0.25) is 0 Å². The molecular formula is C13H24N2O2. The zero-order chi connectivity index (χ0) is 12.5. The normalized spacial score (nSPS) is 25.4. The van der Waals surface area contributed by atoms with Crippen LogP contribution in [0.1, 0.15) is 33.6 Å². The van der Waals surface area contributed by atoms with Crippen LogP contribution in [-0.2, 0) is 9.53 Å². The highest BCUT2D eigenvalue weighted by Crippen LogP contribution is 2.23. The van der Waals surface area contributed by atoms with Crippen molar-refractivity contribution >= 4 is 5.91 Å². The Bertz CT molecular complexity index is 278. The molecule has 0 aliphatic carbocycles. The van der Waals surface area contributed by atoms with Gasteiger partial charge in [-0.1, -0.05) is 0 Å². The van der Waals surface area contributed by atoms with Crippen molar-refractivity contribution in [1.29, 1.82) is 0 Å². The summed E-state index contributed by atoms with van der Waals surface area (Å²) < 4.78 is 5.18. The Morgan fingerprint density at radius 1 is 1.18 bits per heavy atom. The van der Waals surface area contributed by atoms with Crippen molar-refractivity contribution in [2.45, 2.75) is 45.2 Å². The van der Waals surface area contributed by atoms with Crippen LogP contribution in [0.25, 0.3) is 0 Å². The van der Waals surface area contributed by atoms with Crippen LogP contribution in [-0.4, -0.2) is 60.1 Å². The van der Waals surface area contributed by atoms with Crippen LogP contribution in [0, 0.1) is 0 Å². The van der Waals surface area contributed by atoms with E-state index in [-0.39, 0.29) is 18.1 Å². The fourth-order valence-electron chi connectivity index (χ4n) is 2.76. The topological polar surface area (TPSA) is 32.8 Å². The molecule has 0 unspecified atom stereocenters. The molecule has 2 fully saturated rings. The summed E-state index contributed by atoms with van der Waals surface area (Å²) in [7, 11) is 0. The van der Waals surface area contributed by atoms with E-state index >= 15 is 0 Å². The number of likely N-dealkylation sites (tertiary alicyclic amines) is 1. The van der Waals surface area contributed by atoms with Crippen molar-refractivity contribution in [2.24, 2.45) is 0 Å². The molecule has 0 radical (unpaired) electrons. The van der Waals surface area contributed by atoms with Crippen molar-refractivity contribution in [3.05, 3.63) is 0 Å². The molecule has 2 aliphatic heterocycles. The molecule has 17 heavy (non-hydrogen) atoms. The van der Waals surface area contributed by atoms with Crippen LogP contribution in [0.5, 0.6) is 0 Å². The maximum Gasteiger partial charge on any atom is 0.248 e. The summed E-state index contributed by atoms with van der Waals surface area (Å²) in [4.78, 5) is 16.3. The molecule has 2 saturated heterocycles. The zero-order valence-corrected chi connectivity index (χ0v) is 11.2. The molecule has 0 bridgehead atoms. The van der Waals surface area contributed by atoms with Crippen molar-refractivity contribution < 1.29 is 9.53 Å². The second kappa shape index (κ2) is 4.94. The van der Waals surface area contributed by atoms with Gasteiger partial charge in [0, 0.05) is 31.2 Å². The van der Waals surface area contributed by atoms with E-state index in [0.29, 0.717) is 12.6 Å². The fraction of sp³-hybridized carbons (Fsp3) is 0.923. The summed E-state index contributed by atoms with van der Waals surface area (Å²) in [6.07, 6.45) is 2.20. The molecule has 0 spiro atoms. The Morgan fingerprint density at radius 3 is 2.35 bits per heavy atom. The van der Waals surface area contributed by atoms with Gasteiger partial charge >= 0.3 is 0 Å². The predicted molar refractivity (Wildman–Crippen MR) is 66.9 cm³/mol. The lowest BCUT2D eigenvalue weighted by Crippen LogP contribution is -2.54. The van der Waals surface area contributed by atoms with E-state index in [1.807, 2.05) is 4.90 Å². The van der Waals surface area contributed by atoms with Crippen molar-refractivity contribution in [3.8, 4) is 0 Å². The molecule has 2 aliphatic rings. The summed E-state index contributed by atoms with van der Waals surface area (Å²) in [5, 5.41) is 0. The summed E-state index contributed by atoms with van der Waals surface area (Å²) in [6, 6.07) is 0.435. The van der Waals surface area contributed by atoms with Gasteiger partial charge in [-0.3, -0.25) is 9.69 Å². The van der Waals surface area contributed by atoms with Crippen LogP contribution >= 0.6 is 0 Å². The van der Waals surface area contributed by atoms with Gasteiger partial charge in [0.2, 0.25) is 5.91 Å². The first-order chi connectivity index (χ1) is 7.98. The highest BCUT2D eigenvalue weighted by molar-refractivity contribution is 5.78. The number of hydrogen-bond donors (Lipinski definition) is 0. The lowest BCUT2D eigenvalue weighted by atomic mass is 9.97. The van der Waals surface area contributed by atoms with E-state index in [1.165, 1.54) is 0 Å². The second-order valence-corrected chi connectivity index (χ2v) is 6.03. The van der Waals surface area contributed by atoms with Crippen molar-refractivity contribution in [2.75, 3.05) is 32.8 Å². The molecular weight excluding hydrogens is 216 g/mol. The molecule has 4 heteroatoms. The number of morpholine rings is 1. The average molecular weight is 240 g/mol. The maximum atomic E-state index is 11.8. The number of piperidine rings is 1. The van der Waals surface area contributed by atoms with Gasteiger partial charge in [0.1, 0.15) is 6.61 Å². The van der Waals surface area contributed by atoms with Gasteiger partial charge in [-0.05, 0) is 33.6 Å². The quantitative estimate of drug-likeness (QED) is 0.688. The first-order valence-corrected chi connectivity index (χ1v) is 6.61. The SMILES string of the molecule is CC(C)(C)N1CCC(N2CCOCC2=O)CC1. The number of carbonyl (C=O) groups is 1. The number of ether oxygens (including phenoxy) is 1. The van der Waals surface area contributed by atoms with Crippen molar-refractivity contribution in [3.63, 3.8) is 0 Å². The standard InChI is InChI=1S/C13H24N2O2/c1-13(2,3)14-6-4-11(5-7-14)15-8-9-17-10-12(15)16/h11H,4-10H2,1-3H3. The molecule has 0 aromatic rings. The predicted octanol–water partition coefficient (Wildman–Crippen LogP) is 1.11. The highest BCUT2D eigenvalue weighted by Gasteiger charge is 2.32. The Labute approximate surface area is 104 Å². The smallest absolute Gasteiger partial charge is 0.248 e. The van der Waals surface area contributed by atoms with Gasteiger partial charge in [-0.25, -0.2) is 0 Å². The lowest BCUT2D eigenvalue weighted by molar-refractivity contribution is -0.147. The average Bonchev–Trinajstić information content (AvgIpc) is 2.29. The lowest BCUT2D eigenvalue weighted by Gasteiger charge is -2.44. The van der Waals surface area contributed by atoms with Gasteiger partial charge in [-0.2, -0.15) is 0 Å². The van der Waals surface area contributed by atoms with Gasteiger partial charge in [0.15, 0.2) is 0 Å². The van der Waals surface area contributed by atoms with E-state index in [4.69, 9.17) is 4.74 Å². The first-order valence-electron chi connectivity index (χ1n) is 6.61. The maximum absolute atomic E-state index is 11.8. The third kappa shape index (κ3) is 2.99. The molecule has 1 amide bonds. The summed E-state index contributed by atoms with van der Waals surface area (Å²) in [5.74, 6) is 0.172. The largest absolute Gasteiger partial charge is 0.370 e. The van der Waals surface area contributed by atoms with Gasteiger partial charge in [-0.15, -0.1) is 0 Å². The highest BCUT2D eigenvalue weighted by atomic mass is 16.5. The molecule has 0 N–H and O–H groups in total. The van der Waals surface area contributed by atoms with E-state index in [0.717, 1.165) is 32.5 Å². The van der Waals surface area contributed by atoms with Gasteiger partial charge in [0.05, 0.1) is 6.61 Å². The second-order valence-electron chi connectivity index (χ2n) is 6.03. The molecule has 0 aromatic heterocycles. The van der Waals surface area contributed by atoms with E-state index in [1.54, 1.807) is 0 Å². The Morgan fingerprint density at radius 2 is 1.82 bits per heavy atom. The van der Waals surface area contributed by atoms with E-state index in [9.17, 15) is 4.79 Å². The third-order valence-corrected chi connectivity index (χ3v) is 3.88. The first kappa shape index (κ1) is 12.8. The zero-order valence-electron chi connectivity index (χ0n) is 11.2. The molecule has 2 heterocycles. The summed E-state index contributed by atoms with van der Waals surface area (Å²) >= 11 is 0. The molecule has 2 rings (SSSR count). The Balaban J connectivity index is 1.88. The number of nitrogens with zero attached hydrogens (tertiary/aromatic N) is 2. The van der Waals surface area contributed by atoms with Crippen LogP contribution in [0.3, 0.4) is 0 Å². The molecule has 0 saturated carbocycles. The molecule has 0 atom stereocenters. The number of carbonyl (C=O) groups excluding carboxylic acids is 1. The fourth-order valence-corrected chi connectivity index (χ4v) is 2.76. The minimum Gasteiger partial charge on any atom is -0.370 e. The van der Waals surface area contributed by atoms with E-state index < -0.39 is 0 Å². The summed E-state index contributed by atoms with van der Waals surface area (Å²) in [6.45, 7) is 10.7. The minimum atomic E-state index is 0.172. The van der Waals surface area contributed by atoms with Gasteiger partial charge in [0.25, 0.3) is 0 Å². The number of amides is 1. The van der Waals surface area contributed by atoms with Crippen LogP contribution in [0.15, 0.2) is 0 Å². The van der Waals surface area contributed by atoms with Crippen LogP contribution in [0.4, 0.5) is 0 Å². The summed E-state index contributed by atoms with van der Waals surface area (Å²) in [5.41, 5.74) is 0.250. The number of hydrogen-bond acceptors (Lipinski definition) is 3. The Kier molecular flexibility index (Phi) is 3.73. The van der Waals surface area contributed by atoms with Gasteiger partial charge < -0.3 is 9.64 Å². The molecule has 4 nitrogen and oxygen atoms in total. The van der Waals surface area contributed by atoms with Crippen molar-refractivity contribution in [1.82, 2.24) is 9.80 Å². The minimum absolute atomic E-state index is 0.172. The van der Waals surface area contributed by atoms with Crippen LogP contribution < -0.4 is 0 Å². The Hall–Kier alpha value is -0.610. The number of rotatable bonds is 1. The van der Waals surface area contributed by atoms with E-state index in [2.05, 4.69) is 25.7 Å². The monoisotopic (exact) mass is 240 g/mol. The molecule has 0 aromatic carbocycles. The third-order valence-electron chi connectivity index (χ3n) is 3.88. The molecule has 98 valence electrons.